The number of para-hydroxylation sites is 1. The van der Waals surface area contributed by atoms with Gasteiger partial charge in [-0.25, -0.2) is 0 Å². The van der Waals surface area contributed by atoms with Crippen molar-refractivity contribution in [2.45, 2.75) is 0 Å². The van der Waals surface area contributed by atoms with Crippen molar-refractivity contribution in [1.29, 1.82) is 0 Å². The van der Waals surface area contributed by atoms with Gasteiger partial charge >= 0.3 is 0 Å². The monoisotopic (exact) mass is 427 g/mol. The normalized spacial score (nSPS) is 11.8. The van der Waals surface area contributed by atoms with Crippen molar-refractivity contribution in [3.8, 4) is 22.4 Å². The Morgan fingerprint density at radius 2 is 1.41 bits per heavy atom. The fraction of sp³-hybridized carbons (Fsp3) is 0. The average molecular weight is 428 g/mol. The van der Waals surface area contributed by atoms with Crippen molar-refractivity contribution in [3.05, 3.63) is 103 Å². The largest absolute Gasteiger partial charge is 0.455 e. The van der Waals surface area contributed by atoms with Gasteiger partial charge in [-0.3, -0.25) is 4.98 Å². The van der Waals surface area contributed by atoms with Crippen molar-refractivity contribution in [2.24, 2.45) is 0 Å². The number of aromatic nitrogens is 1. The smallest absolute Gasteiger partial charge is 0.144 e. The van der Waals surface area contributed by atoms with Crippen LogP contribution in [0, 0.1) is 0 Å². The lowest BCUT2D eigenvalue weighted by molar-refractivity contribution is 0.670. The molecule has 7 rings (SSSR count). The van der Waals surface area contributed by atoms with E-state index in [1.165, 1.54) is 20.2 Å². The van der Waals surface area contributed by atoms with Crippen LogP contribution in [-0.4, -0.2) is 4.98 Å². The number of pyridine rings is 1. The van der Waals surface area contributed by atoms with E-state index in [1.54, 1.807) is 0 Å². The number of rotatable bonds is 2. The molecular weight excluding hydrogens is 410 g/mol. The third-order valence-electron chi connectivity index (χ3n) is 6.13. The lowest BCUT2D eigenvalue weighted by atomic mass is 9.98. The summed E-state index contributed by atoms with van der Waals surface area (Å²) >= 11 is 1.83. The fourth-order valence-electron chi connectivity index (χ4n) is 4.65. The van der Waals surface area contributed by atoms with Crippen LogP contribution in [-0.2, 0) is 0 Å². The van der Waals surface area contributed by atoms with Crippen LogP contribution < -0.4 is 0 Å². The lowest BCUT2D eigenvalue weighted by Gasteiger charge is -2.08. The molecule has 3 heteroatoms. The Morgan fingerprint density at radius 1 is 0.625 bits per heavy atom. The second kappa shape index (κ2) is 6.78. The summed E-state index contributed by atoms with van der Waals surface area (Å²) in [6, 6.07) is 33.9. The number of hydrogen-bond donors (Lipinski definition) is 0. The molecule has 0 unspecified atom stereocenters. The Labute approximate surface area is 188 Å². The number of hydrogen-bond acceptors (Lipinski definition) is 3. The summed E-state index contributed by atoms with van der Waals surface area (Å²) in [6.45, 7) is 0. The topological polar surface area (TPSA) is 26.0 Å². The molecule has 0 radical (unpaired) electrons. The molecule has 32 heavy (non-hydrogen) atoms. The summed E-state index contributed by atoms with van der Waals surface area (Å²) in [4.78, 5) is 4.65. The lowest BCUT2D eigenvalue weighted by Crippen LogP contribution is -1.86. The Bertz CT molecular complexity index is 1690. The molecular formula is C29H17NOS. The first kappa shape index (κ1) is 17.7. The first-order valence-corrected chi connectivity index (χ1v) is 11.5. The Balaban J connectivity index is 1.64. The highest BCUT2D eigenvalue weighted by atomic mass is 32.1. The van der Waals surface area contributed by atoms with E-state index in [1.807, 2.05) is 47.9 Å². The van der Waals surface area contributed by atoms with Crippen molar-refractivity contribution in [1.82, 2.24) is 4.98 Å². The summed E-state index contributed by atoms with van der Waals surface area (Å²) in [5.74, 6) is 0. The summed E-state index contributed by atoms with van der Waals surface area (Å²) in [5.41, 5.74) is 6.21. The first-order valence-electron chi connectivity index (χ1n) is 10.6. The highest BCUT2D eigenvalue weighted by molar-refractivity contribution is 7.26. The van der Waals surface area contributed by atoms with Crippen molar-refractivity contribution < 1.29 is 4.42 Å². The van der Waals surface area contributed by atoms with Gasteiger partial charge in [-0.2, -0.15) is 0 Å². The predicted octanol–water partition coefficient (Wildman–Crippen LogP) is 8.68. The van der Waals surface area contributed by atoms with Gasteiger partial charge < -0.3 is 4.42 Å². The van der Waals surface area contributed by atoms with E-state index < -0.39 is 0 Å². The van der Waals surface area contributed by atoms with Gasteiger partial charge in [0.25, 0.3) is 0 Å². The van der Waals surface area contributed by atoms with E-state index in [-0.39, 0.29) is 0 Å². The molecule has 0 spiro atoms. The van der Waals surface area contributed by atoms with Crippen LogP contribution in [0.5, 0.6) is 0 Å². The van der Waals surface area contributed by atoms with Crippen molar-refractivity contribution in [2.75, 3.05) is 0 Å². The molecule has 0 saturated carbocycles. The molecule has 3 heterocycles. The maximum absolute atomic E-state index is 6.47. The van der Waals surface area contributed by atoms with Crippen molar-refractivity contribution in [3.63, 3.8) is 0 Å². The molecule has 0 bridgehead atoms. The van der Waals surface area contributed by atoms with Crippen LogP contribution in [0.1, 0.15) is 0 Å². The van der Waals surface area contributed by atoms with Crippen molar-refractivity contribution >= 4 is 53.4 Å². The number of benzene rings is 4. The van der Waals surface area contributed by atoms with Crippen LogP contribution in [0.15, 0.2) is 108 Å². The van der Waals surface area contributed by atoms with Gasteiger partial charge in [-0.1, -0.05) is 66.7 Å². The average Bonchev–Trinajstić information content (AvgIpc) is 3.41. The van der Waals surface area contributed by atoms with Gasteiger partial charge in [-0.15, -0.1) is 11.3 Å². The maximum Gasteiger partial charge on any atom is 0.144 e. The van der Waals surface area contributed by atoms with E-state index in [9.17, 15) is 0 Å². The molecule has 0 aliphatic heterocycles. The molecule has 0 atom stereocenters. The molecule has 0 N–H and O–H groups in total. The number of thiophene rings is 1. The predicted molar refractivity (Wildman–Crippen MR) is 135 cm³/mol. The quantitative estimate of drug-likeness (QED) is 0.276. The minimum atomic E-state index is 0.919. The Morgan fingerprint density at radius 3 is 2.31 bits per heavy atom. The van der Waals surface area contributed by atoms with E-state index in [0.29, 0.717) is 0 Å². The zero-order chi connectivity index (χ0) is 21.1. The summed E-state index contributed by atoms with van der Waals surface area (Å²) in [6.07, 6.45) is 1.90. The third kappa shape index (κ3) is 2.55. The van der Waals surface area contributed by atoms with Gasteiger partial charge in [0.05, 0.1) is 5.69 Å². The third-order valence-corrected chi connectivity index (χ3v) is 7.33. The van der Waals surface area contributed by atoms with Crippen LogP contribution in [0.4, 0.5) is 0 Å². The van der Waals surface area contributed by atoms with E-state index >= 15 is 0 Å². The zero-order valence-corrected chi connectivity index (χ0v) is 17.9. The standard InChI is InChI=1S/C29H17NOS/c1-2-8-18(9-3-1)24-16-19(14-15-30-24)27-28-22(20-10-4-6-12-25(20)31-28)17-23-21-11-5-7-13-26(21)32-29(23)27/h1-17H. The Kier molecular flexibility index (Phi) is 3.75. The highest BCUT2D eigenvalue weighted by Crippen LogP contribution is 2.46. The number of nitrogens with zero attached hydrogens (tertiary/aromatic N) is 1. The minimum Gasteiger partial charge on any atom is -0.455 e. The molecule has 4 aromatic carbocycles. The second-order valence-corrected chi connectivity index (χ2v) is 9.05. The highest BCUT2D eigenvalue weighted by Gasteiger charge is 2.19. The molecule has 3 aromatic heterocycles. The van der Waals surface area contributed by atoms with Gasteiger partial charge in [0.2, 0.25) is 0 Å². The van der Waals surface area contributed by atoms with E-state index in [4.69, 9.17) is 4.42 Å². The molecule has 0 fully saturated rings. The molecule has 150 valence electrons. The molecule has 0 aliphatic carbocycles. The summed E-state index contributed by atoms with van der Waals surface area (Å²) in [5, 5.41) is 4.87. The van der Waals surface area contributed by atoms with Crippen LogP contribution in [0.3, 0.4) is 0 Å². The second-order valence-electron chi connectivity index (χ2n) is 8.00. The van der Waals surface area contributed by atoms with Crippen LogP contribution in [0.2, 0.25) is 0 Å². The Hall–Kier alpha value is -3.95. The maximum atomic E-state index is 6.47. The number of fused-ring (bicyclic) bond motifs is 6. The van der Waals surface area contributed by atoms with Gasteiger partial charge in [0.15, 0.2) is 0 Å². The van der Waals surface area contributed by atoms with E-state index in [2.05, 4.69) is 71.7 Å². The first-order chi connectivity index (χ1) is 15.9. The number of furan rings is 1. The zero-order valence-electron chi connectivity index (χ0n) is 17.1. The van der Waals surface area contributed by atoms with Gasteiger partial charge in [0, 0.05) is 48.3 Å². The van der Waals surface area contributed by atoms with Gasteiger partial charge in [-0.05, 0) is 35.9 Å². The summed E-state index contributed by atoms with van der Waals surface area (Å²) in [7, 11) is 0. The SMILES string of the molecule is c1ccc(-c2cc(-c3c4oc5ccccc5c4cc4c3sc3ccccc34)ccn2)cc1. The molecule has 0 amide bonds. The van der Waals surface area contributed by atoms with Gasteiger partial charge in [0.1, 0.15) is 11.2 Å². The molecule has 2 nitrogen and oxygen atoms in total. The van der Waals surface area contributed by atoms with Crippen LogP contribution in [0.25, 0.3) is 64.5 Å². The van der Waals surface area contributed by atoms with E-state index in [0.717, 1.165) is 44.3 Å². The van der Waals surface area contributed by atoms with Crippen LogP contribution >= 0.6 is 11.3 Å². The fourth-order valence-corrected chi connectivity index (χ4v) is 5.90. The summed E-state index contributed by atoms with van der Waals surface area (Å²) < 4.78 is 9.02. The molecule has 0 aliphatic rings. The molecule has 7 aromatic rings. The molecule has 0 saturated heterocycles. The minimum absolute atomic E-state index is 0.919.